The number of hydrogen-bond donors (Lipinski definition) is 1. The summed E-state index contributed by atoms with van der Waals surface area (Å²) in [5, 5.41) is 6.66. The maximum atomic E-state index is 12.9. The van der Waals surface area contributed by atoms with Crippen molar-refractivity contribution in [1.82, 2.24) is 14.1 Å². The minimum Gasteiger partial charge on any atom is -0.322 e. The van der Waals surface area contributed by atoms with Crippen molar-refractivity contribution in [3.05, 3.63) is 41.1 Å². The maximum Gasteiger partial charge on any atom is 0.263 e. The number of hydrogen-bond acceptors (Lipinski definition) is 5. The number of benzene rings is 1. The fraction of sp³-hybridized carbons (Fsp3) is 0.412. The molecule has 2 heterocycles. The average molecular weight is 395 g/mol. The molecule has 1 aromatic carbocycles. The Balaban J connectivity index is 1.90. The molecule has 7 nitrogen and oxygen atoms in total. The minimum absolute atomic E-state index is 0.0592. The molecule has 0 spiro atoms. The molecule has 0 unspecified atom stereocenters. The summed E-state index contributed by atoms with van der Waals surface area (Å²) in [4.78, 5) is 12.7. The van der Waals surface area contributed by atoms with E-state index in [9.17, 15) is 13.2 Å². The average Bonchev–Trinajstić information content (AvgIpc) is 3.02. The quantitative estimate of drug-likeness (QED) is 0.858. The predicted octanol–water partition coefficient (Wildman–Crippen LogP) is 2.03. The number of rotatable bonds is 4. The molecule has 0 bridgehead atoms. The summed E-state index contributed by atoms with van der Waals surface area (Å²) < 4.78 is 28.6. The summed E-state index contributed by atoms with van der Waals surface area (Å²) in [7, 11) is -2.19. The van der Waals surface area contributed by atoms with Gasteiger partial charge >= 0.3 is 0 Å². The van der Waals surface area contributed by atoms with Crippen LogP contribution in [0, 0.1) is 13.8 Å². The SMILES string of the molecule is Cc1ccc(NC(=O)c2cn(C)nc2S(=O)(=O)N2CCSCC2)cc1C. The lowest BCUT2D eigenvalue weighted by atomic mass is 10.1. The number of carbonyl (C=O) groups excluding carboxylic acids is 1. The normalized spacial score (nSPS) is 15.8. The topological polar surface area (TPSA) is 84.3 Å². The van der Waals surface area contributed by atoms with Crippen LogP contribution in [0.1, 0.15) is 21.5 Å². The van der Waals surface area contributed by atoms with Gasteiger partial charge in [-0.1, -0.05) is 6.07 Å². The smallest absolute Gasteiger partial charge is 0.263 e. The second-order valence-electron chi connectivity index (χ2n) is 6.29. The van der Waals surface area contributed by atoms with E-state index in [2.05, 4.69) is 10.4 Å². The second-order valence-corrected chi connectivity index (χ2v) is 9.37. The molecule has 0 atom stereocenters. The largest absolute Gasteiger partial charge is 0.322 e. The molecule has 1 amide bonds. The Morgan fingerprint density at radius 1 is 1.19 bits per heavy atom. The molecule has 1 aromatic heterocycles. The number of anilines is 1. The molecule has 0 saturated carbocycles. The fourth-order valence-electron chi connectivity index (χ4n) is 2.74. The summed E-state index contributed by atoms with van der Waals surface area (Å²) in [6, 6.07) is 5.57. The van der Waals surface area contributed by atoms with Crippen LogP contribution in [0.4, 0.5) is 5.69 Å². The van der Waals surface area contributed by atoms with E-state index in [1.165, 1.54) is 15.2 Å². The van der Waals surface area contributed by atoms with Gasteiger partial charge in [0.1, 0.15) is 0 Å². The molecule has 3 rings (SSSR count). The highest BCUT2D eigenvalue weighted by atomic mass is 32.2. The van der Waals surface area contributed by atoms with Crippen LogP contribution in [0.5, 0.6) is 0 Å². The zero-order valence-electron chi connectivity index (χ0n) is 15.0. The van der Waals surface area contributed by atoms with Crippen LogP contribution in [0.15, 0.2) is 29.4 Å². The van der Waals surface area contributed by atoms with E-state index in [4.69, 9.17) is 0 Å². The first kappa shape index (κ1) is 18.9. The van der Waals surface area contributed by atoms with Gasteiger partial charge in [-0.2, -0.15) is 21.2 Å². The third kappa shape index (κ3) is 3.79. The van der Waals surface area contributed by atoms with Crippen LogP contribution >= 0.6 is 11.8 Å². The van der Waals surface area contributed by atoms with Crippen LogP contribution in [-0.4, -0.2) is 53.0 Å². The van der Waals surface area contributed by atoms with Crippen molar-refractivity contribution in [2.24, 2.45) is 7.05 Å². The number of thioether (sulfide) groups is 1. The van der Waals surface area contributed by atoms with E-state index < -0.39 is 15.9 Å². The summed E-state index contributed by atoms with van der Waals surface area (Å²) in [6.45, 7) is 4.81. The molecule has 9 heteroatoms. The number of aryl methyl sites for hydroxylation is 3. The lowest BCUT2D eigenvalue weighted by Crippen LogP contribution is -2.38. The standard InChI is InChI=1S/C17H22N4O3S2/c1-12-4-5-14(10-13(12)2)18-16(22)15-11-20(3)19-17(15)26(23,24)21-6-8-25-9-7-21/h4-5,10-11H,6-9H2,1-3H3,(H,18,22). The van der Waals surface area contributed by atoms with Gasteiger partial charge in [-0.15, -0.1) is 0 Å². The third-order valence-electron chi connectivity index (χ3n) is 4.36. The number of sulfonamides is 1. The van der Waals surface area contributed by atoms with Crippen molar-refractivity contribution in [2.75, 3.05) is 29.9 Å². The first-order valence-corrected chi connectivity index (χ1v) is 10.9. The number of nitrogens with one attached hydrogen (secondary N) is 1. The fourth-order valence-corrected chi connectivity index (χ4v) is 5.44. The molecule has 0 aliphatic carbocycles. The molecule has 26 heavy (non-hydrogen) atoms. The van der Waals surface area contributed by atoms with E-state index in [-0.39, 0.29) is 10.6 Å². The molecule has 1 aliphatic heterocycles. The van der Waals surface area contributed by atoms with Gasteiger partial charge in [-0.3, -0.25) is 9.48 Å². The van der Waals surface area contributed by atoms with Crippen molar-refractivity contribution in [1.29, 1.82) is 0 Å². The van der Waals surface area contributed by atoms with Crippen molar-refractivity contribution < 1.29 is 13.2 Å². The lowest BCUT2D eigenvalue weighted by molar-refractivity contribution is 0.102. The van der Waals surface area contributed by atoms with Crippen LogP contribution in [0.2, 0.25) is 0 Å². The molecular formula is C17H22N4O3S2. The first-order valence-electron chi connectivity index (χ1n) is 8.29. The Labute approximate surface area is 157 Å². The molecule has 0 radical (unpaired) electrons. The van der Waals surface area contributed by atoms with E-state index in [0.29, 0.717) is 18.8 Å². The highest BCUT2D eigenvalue weighted by Crippen LogP contribution is 2.23. The number of nitrogens with zero attached hydrogens (tertiary/aromatic N) is 3. The van der Waals surface area contributed by atoms with Crippen LogP contribution in [0.3, 0.4) is 0 Å². The Kier molecular flexibility index (Phi) is 5.40. The van der Waals surface area contributed by atoms with Gasteiger partial charge in [-0.05, 0) is 37.1 Å². The molecule has 1 saturated heterocycles. The molecular weight excluding hydrogens is 372 g/mol. The first-order chi connectivity index (χ1) is 12.3. The third-order valence-corrected chi connectivity index (χ3v) is 7.14. The second kappa shape index (κ2) is 7.42. The van der Waals surface area contributed by atoms with Gasteiger partial charge in [0.05, 0.1) is 5.56 Å². The van der Waals surface area contributed by atoms with Gasteiger partial charge in [0.2, 0.25) is 5.03 Å². The van der Waals surface area contributed by atoms with E-state index in [0.717, 1.165) is 22.6 Å². The molecule has 2 aromatic rings. The summed E-state index contributed by atoms with van der Waals surface area (Å²) in [5.41, 5.74) is 2.85. The van der Waals surface area contributed by atoms with E-state index in [1.54, 1.807) is 24.9 Å². The molecule has 1 fully saturated rings. The number of carbonyl (C=O) groups is 1. The van der Waals surface area contributed by atoms with Crippen LogP contribution in [-0.2, 0) is 17.1 Å². The van der Waals surface area contributed by atoms with Gasteiger partial charge in [0.25, 0.3) is 15.9 Å². The monoisotopic (exact) mass is 394 g/mol. The zero-order valence-corrected chi connectivity index (χ0v) is 16.7. The molecule has 1 N–H and O–H groups in total. The zero-order chi connectivity index (χ0) is 18.9. The molecule has 140 valence electrons. The maximum absolute atomic E-state index is 12.9. The number of amides is 1. The summed E-state index contributed by atoms with van der Waals surface area (Å²) >= 11 is 1.72. The van der Waals surface area contributed by atoms with E-state index in [1.807, 2.05) is 26.0 Å². The molecule has 1 aliphatic rings. The Hall–Kier alpha value is -1.84. The Morgan fingerprint density at radius 3 is 2.54 bits per heavy atom. The van der Waals surface area contributed by atoms with Crippen LogP contribution < -0.4 is 5.32 Å². The van der Waals surface area contributed by atoms with Gasteiger partial charge in [0.15, 0.2) is 0 Å². The Bertz CT molecular complexity index is 931. The van der Waals surface area contributed by atoms with Crippen molar-refractivity contribution in [3.63, 3.8) is 0 Å². The van der Waals surface area contributed by atoms with Crippen molar-refractivity contribution in [2.45, 2.75) is 18.9 Å². The summed E-state index contributed by atoms with van der Waals surface area (Å²) in [6.07, 6.45) is 1.45. The predicted molar refractivity (Wildman–Crippen MR) is 103 cm³/mol. The highest BCUT2D eigenvalue weighted by molar-refractivity contribution is 7.99. The lowest BCUT2D eigenvalue weighted by Gasteiger charge is -2.24. The number of aromatic nitrogens is 2. The van der Waals surface area contributed by atoms with Gasteiger partial charge in [0, 0.05) is 43.5 Å². The summed E-state index contributed by atoms with van der Waals surface area (Å²) in [5.74, 6) is 1.01. The van der Waals surface area contributed by atoms with Crippen LogP contribution in [0.25, 0.3) is 0 Å². The van der Waals surface area contributed by atoms with Crippen molar-refractivity contribution in [3.8, 4) is 0 Å². The van der Waals surface area contributed by atoms with Gasteiger partial charge < -0.3 is 5.32 Å². The van der Waals surface area contributed by atoms with Crippen molar-refractivity contribution >= 4 is 33.4 Å². The Morgan fingerprint density at radius 2 is 1.88 bits per heavy atom. The highest BCUT2D eigenvalue weighted by Gasteiger charge is 2.33. The minimum atomic E-state index is -3.80. The van der Waals surface area contributed by atoms with Gasteiger partial charge in [-0.25, -0.2) is 8.42 Å². The van der Waals surface area contributed by atoms with E-state index >= 15 is 0 Å².